The van der Waals surface area contributed by atoms with Crippen molar-refractivity contribution < 1.29 is 0 Å². The summed E-state index contributed by atoms with van der Waals surface area (Å²) in [6.45, 7) is 11.3. The van der Waals surface area contributed by atoms with Crippen LogP contribution in [0.5, 0.6) is 0 Å². The minimum atomic E-state index is 0.580. The van der Waals surface area contributed by atoms with Gasteiger partial charge in [0.15, 0.2) is 5.82 Å². The molecule has 3 aromatic rings. The third-order valence-electron chi connectivity index (χ3n) is 4.77. The van der Waals surface area contributed by atoms with Gasteiger partial charge in [-0.1, -0.05) is 18.2 Å². The zero-order valence-corrected chi connectivity index (χ0v) is 17.1. The molecule has 3 rings (SSSR count). The molecule has 0 radical (unpaired) electrons. The van der Waals surface area contributed by atoms with Gasteiger partial charge in [-0.15, -0.1) is 5.10 Å². The SMILES string of the molecule is CCN(CC)c1ccc(Nc2cnnc(N(CC)c3ccccc3)n2)c(C)c1. The monoisotopic (exact) mass is 376 g/mol. The Morgan fingerprint density at radius 3 is 2.29 bits per heavy atom. The number of nitrogens with one attached hydrogen (secondary N) is 1. The van der Waals surface area contributed by atoms with Crippen LogP contribution in [0.15, 0.2) is 54.7 Å². The number of hydrogen-bond donors (Lipinski definition) is 1. The van der Waals surface area contributed by atoms with E-state index in [2.05, 4.69) is 71.3 Å². The van der Waals surface area contributed by atoms with E-state index in [9.17, 15) is 0 Å². The van der Waals surface area contributed by atoms with Gasteiger partial charge in [-0.2, -0.15) is 10.1 Å². The van der Waals surface area contributed by atoms with Gasteiger partial charge in [-0.3, -0.25) is 0 Å². The number of benzene rings is 2. The molecule has 6 nitrogen and oxygen atoms in total. The van der Waals surface area contributed by atoms with Gasteiger partial charge in [0.05, 0.1) is 6.20 Å². The average molecular weight is 377 g/mol. The van der Waals surface area contributed by atoms with Crippen molar-refractivity contribution in [1.82, 2.24) is 15.2 Å². The fourth-order valence-corrected chi connectivity index (χ4v) is 3.23. The Balaban J connectivity index is 1.83. The zero-order valence-electron chi connectivity index (χ0n) is 17.1. The van der Waals surface area contributed by atoms with Gasteiger partial charge in [-0.05, 0) is 63.6 Å². The number of rotatable bonds is 8. The maximum atomic E-state index is 4.68. The maximum absolute atomic E-state index is 4.68. The molecule has 0 aliphatic rings. The molecule has 2 aromatic carbocycles. The molecule has 6 heteroatoms. The standard InChI is InChI=1S/C22H28N6/c1-5-27(6-2)19-13-14-20(17(4)15-19)24-21-16-23-26-22(25-21)28(7-3)18-11-9-8-10-12-18/h8-16H,5-7H2,1-4H3,(H,24,25,26). The minimum Gasteiger partial charge on any atom is -0.372 e. The van der Waals surface area contributed by atoms with Crippen LogP contribution < -0.4 is 15.1 Å². The predicted molar refractivity (Wildman–Crippen MR) is 117 cm³/mol. The summed E-state index contributed by atoms with van der Waals surface area (Å²) >= 11 is 0. The Bertz CT molecular complexity index is 893. The van der Waals surface area contributed by atoms with Crippen molar-refractivity contribution in [2.75, 3.05) is 34.8 Å². The maximum Gasteiger partial charge on any atom is 0.251 e. The third kappa shape index (κ3) is 4.39. The van der Waals surface area contributed by atoms with E-state index in [1.807, 2.05) is 35.2 Å². The Morgan fingerprint density at radius 2 is 1.64 bits per heavy atom. The van der Waals surface area contributed by atoms with Crippen LogP contribution in [-0.2, 0) is 0 Å². The van der Waals surface area contributed by atoms with Crippen molar-refractivity contribution >= 4 is 28.8 Å². The molecule has 1 aromatic heterocycles. The molecule has 0 aliphatic carbocycles. The first kappa shape index (κ1) is 19.6. The molecule has 0 amide bonds. The van der Waals surface area contributed by atoms with Gasteiger partial charge in [-0.25, -0.2) is 0 Å². The summed E-state index contributed by atoms with van der Waals surface area (Å²) in [5, 5.41) is 11.8. The highest BCUT2D eigenvalue weighted by Crippen LogP contribution is 2.26. The van der Waals surface area contributed by atoms with Crippen molar-refractivity contribution in [2.45, 2.75) is 27.7 Å². The first-order valence-electron chi connectivity index (χ1n) is 9.81. The Labute approximate surface area is 167 Å². The second kappa shape index (κ2) is 9.17. The summed E-state index contributed by atoms with van der Waals surface area (Å²) in [7, 11) is 0. The lowest BCUT2D eigenvalue weighted by Gasteiger charge is -2.22. The first-order valence-corrected chi connectivity index (χ1v) is 9.81. The number of anilines is 5. The molecule has 0 aliphatic heterocycles. The molecule has 0 spiro atoms. The minimum absolute atomic E-state index is 0.580. The Morgan fingerprint density at radius 1 is 0.893 bits per heavy atom. The lowest BCUT2D eigenvalue weighted by Crippen LogP contribution is -2.21. The lowest BCUT2D eigenvalue weighted by molar-refractivity contribution is 0.865. The highest BCUT2D eigenvalue weighted by molar-refractivity contribution is 5.66. The second-order valence-corrected chi connectivity index (χ2v) is 6.52. The number of para-hydroxylation sites is 1. The predicted octanol–water partition coefficient (Wildman–Crippen LogP) is 4.93. The summed E-state index contributed by atoms with van der Waals surface area (Å²) in [4.78, 5) is 9.05. The summed E-state index contributed by atoms with van der Waals surface area (Å²) in [5.74, 6) is 1.26. The second-order valence-electron chi connectivity index (χ2n) is 6.52. The lowest BCUT2D eigenvalue weighted by atomic mass is 10.1. The van der Waals surface area contributed by atoms with Crippen LogP contribution in [-0.4, -0.2) is 34.8 Å². The summed E-state index contributed by atoms with van der Waals surface area (Å²) in [5.41, 5.74) is 4.46. The molecule has 0 saturated carbocycles. The number of aryl methyl sites for hydroxylation is 1. The van der Waals surface area contributed by atoms with Gasteiger partial charge < -0.3 is 15.1 Å². The molecule has 146 valence electrons. The molecular formula is C22H28N6. The van der Waals surface area contributed by atoms with Gasteiger partial charge in [0, 0.05) is 36.7 Å². The molecule has 0 unspecified atom stereocenters. The molecule has 0 fully saturated rings. The average Bonchev–Trinajstić information content (AvgIpc) is 2.73. The molecule has 1 N–H and O–H groups in total. The fraction of sp³-hybridized carbons (Fsp3) is 0.318. The summed E-state index contributed by atoms with van der Waals surface area (Å²) in [6.07, 6.45) is 1.65. The summed E-state index contributed by atoms with van der Waals surface area (Å²) < 4.78 is 0. The molecule has 0 bridgehead atoms. The van der Waals surface area contributed by atoms with Crippen molar-refractivity contribution in [3.8, 4) is 0 Å². The number of hydrogen-bond acceptors (Lipinski definition) is 6. The van der Waals surface area contributed by atoms with E-state index < -0.39 is 0 Å². The van der Waals surface area contributed by atoms with Gasteiger partial charge >= 0.3 is 0 Å². The smallest absolute Gasteiger partial charge is 0.251 e. The highest BCUT2D eigenvalue weighted by Gasteiger charge is 2.12. The van der Waals surface area contributed by atoms with E-state index in [1.54, 1.807) is 6.20 Å². The van der Waals surface area contributed by atoms with Crippen molar-refractivity contribution in [3.63, 3.8) is 0 Å². The quantitative estimate of drug-likeness (QED) is 0.602. The number of aromatic nitrogens is 3. The van der Waals surface area contributed by atoms with Crippen molar-refractivity contribution in [1.29, 1.82) is 0 Å². The van der Waals surface area contributed by atoms with Crippen LogP contribution >= 0.6 is 0 Å². The molecular weight excluding hydrogens is 348 g/mol. The Kier molecular flexibility index (Phi) is 6.42. The zero-order chi connectivity index (χ0) is 19.9. The molecule has 0 saturated heterocycles. The van der Waals surface area contributed by atoms with Crippen molar-refractivity contribution in [2.24, 2.45) is 0 Å². The van der Waals surface area contributed by atoms with Gasteiger partial charge in [0.1, 0.15) is 0 Å². The van der Waals surface area contributed by atoms with Crippen LogP contribution in [0.1, 0.15) is 26.3 Å². The van der Waals surface area contributed by atoms with Gasteiger partial charge in [0.25, 0.3) is 5.95 Å². The van der Waals surface area contributed by atoms with Crippen LogP contribution in [0.4, 0.5) is 28.8 Å². The van der Waals surface area contributed by atoms with Gasteiger partial charge in [0.2, 0.25) is 0 Å². The van der Waals surface area contributed by atoms with Crippen LogP contribution in [0.2, 0.25) is 0 Å². The normalized spacial score (nSPS) is 10.6. The molecule has 1 heterocycles. The van der Waals surface area contributed by atoms with Crippen LogP contribution in [0, 0.1) is 6.92 Å². The number of nitrogens with zero attached hydrogens (tertiary/aromatic N) is 5. The topological polar surface area (TPSA) is 57.2 Å². The highest BCUT2D eigenvalue weighted by atomic mass is 15.3. The Hall–Kier alpha value is -3.15. The third-order valence-corrected chi connectivity index (χ3v) is 4.77. The van der Waals surface area contributed by atoms with E-state index in [4.69, 9.17) is 0 Å². The molecule has 28 heavy (non-hydrogen) atoms. The fourth-order valence-electron chi connectivity index (χ4n) is 3.23. The van der Waals surface area contributed by atoms with Crippen molar-refractivity contribution in [3.05, 3.63) is 60.3 Å². The van der Waals surface area contributed by atoms with E-state index in [0.29, 0.717) is 11.8 Å². The summed E-state index contributed by atoms with van der Waals surface area (Å²) in [6, 6.07) is 16.5. The van der Waals surface area contributed by atoms with Crippen LogP contribution in [0.3, 0.4) is 0 Å². The largest absolute Gasteiger partial charge is 0.372 e. The first-order chi connectivity index (χ1) is 13.7. The van der Waals surface area contributed by atoms with E-state index in [-0.39, 0.29) is 0 Å². The van der Waals surface area contributed by atoms with E-state index in [0.717, 1.165) is 31.0 Å². The van der Waals surface area contributed by atoms with E-state index >= 15 is 0 Å². The van der Waals surface area contributed by atoms with Crippen LogP contribution in [0.25, 0.3) is 0 Å². The van der Waals surface area contributed by atoms with E-state index in [1.165, 1.54) is 11.3 Å². The molecule has 0 atom stereocenters.